The molecule has 0 atom stereocenters. The third kappa shape index (κ3) is 3.67. The number of nitrogens with one attached hydrogen (secondary N) is 2. The number of aromatic nitrogens is 2. The van der Waals surface area contributed by atoms with Gasteiger partial charge in [-0.2, -0.15) is 5.32 Å². The first-order chi connectivity index (χ1) is 15.8. The number of non-ortho nitro benzene ring substituents is 1. The van der Waals surface area contributed by atoms with Crippen molar-refractivity contribution in [1.29, 1.82) is 0 Å². The molecule has 0 bridgehead atoms. The van der Waals surface area contributed by atoms with Gasteiger partial charge in [0.2, 0.25) is 5.95 Å². The average molecular weight is 480 g/mol. The van der Waals surface area contributed by atoms with Crippen LogP contribution in [0.1, 0.15) is 21.5 Å². The van der Waals surface area contributed by atoms with Crippen LogP contribution >= 0.6 is 23.2 Å². The second-order valence-electron chi connectivity index (χ2n) is 7.28. The predicted octanol–water partition coefficient (Wildman–Crippen LogP) is 5.67. The molecule has 0 saturated heterocycles. The molecule has 1 aromatic heterocycles. The minimum atomic E-state index is -0.527. The van der Waals surface area contributed by atoms with Crippen molar-refractivity contribution in [1.82, 2.24) is 15.3 Å². The topological polar surface area (TPSA) is 127 Å². The number of halogens is 2. The second-order valence-corrected chi connectivity index (χ2v) is 8.09. The molecule has 4 aromatic rings. The van der Waals surface area contributed by atoms with E-state index in [1.54, 1.807) is 37.3 Å². The van der Waals surface area contributed by atoms with Gasteiger partial charge in [-0.05, 0) is 30.7 Å². The number of hydrogen-bond acceptors (Lipinski definition) is 6. The number of aryl methyl sites for hydroxylation is 1. The van der Waals surface area contributed by atoms with E-state index in [0.717, 1.165) is 0 Å². The molecular weight excluding hydrogens is 467 g/mol. The lowest BCUT2D eigenvalue weighted by Crippen LogP contribution is -2.28. The highest BCUT2D eigenvalue weighted by molar-refractivity contribution is 6.39. The number of hydrogen-bond donors (Lipinski definition) is 2. The van der Waals surface area contributed by atoms with Gasteiger partial charge in [-0.1, -0.05) is 41.4 Å². The Morgan fingerprint density at radius 3 is 2.55 bits per heavy atom. The Balaban J connectivity index is 1.61. The summed E-state index contributed by atoms with van der Waals surface area (Å²) < 4.78 is 0. The number of fused-ring (bicyclic) bond motifs is 3. The molecule has 33 heavy (non-hydrogen) atoms. The van der Waals surface area contributed by atoms with Gasteiger partial charge >= 0.3 is 0 Å². The normalized spacial score (nSPS) is 12.8. The fourth-order valence-electron chi connectivity index (χ4n) is 3.59. The molecule has 11 heteroatoms. The average Bonchev–Trinajstić information content (AvgIpc) is 3.18. The van der Waals surface area contributed by atoms with Crippen LogP contribution in [-0.2, 0) is 0 Å². The first kappa shape index (κ1) is 20.9. The smallest absolute Gasteiger partial charge is 0.283 e. The van der Waals surface area contributed by atoms with Gasteiger partial charge in [-0.15, -0.1) is 0 Å². The van der Waals surface area contributed by atoms with E-state index in [1.807, 2.05) is 0 Å². The van der Waals surface area contributed by atoms with Crippen LogP contribution in [0, 0.1) is 17.0 Å². The zero-order valence-corrected chi connectivity index (χ0v) is 18.4. The number of carbonyl (C=O) groups is 1. The molecule has 163 valence electrons. The van der Waals surface area contributed by atoms with E-state index in [0.29, 0.717) is 49.5 Å². The van der Waals surface area contributed by atoms with Gasteiger partial charge in [-0.3, -0.25) is 14.9 Å². The maximum absolute atomic E-state index is 13.0. The molecular formula is C22H13Cl2N6O3. The number of nitrogens with zero attached hydrogens (tertiary/aromatic N) is 4. The first-order valence-electron chi connectivity index (χ1n) is 9.66. The number of carbonyl (C=O) groups excluding carboxylic acids is 1. The van der Waals surface area contributed by atoms with Crippen molar-refractivity contribution in [2.45, 2.75) is 6.92 Å². The molecule has 1 amide bonds. The summed E-state index contributed by atoms with van der Waals surface area (Å²) in [6, 6.07) is 12.7. The van der Waals surface area contributed by atoms with Crippen molar-refractivity contribution in [3.63, 3.8) is 0 Å². The summed E-state index contributed by atoms with van der Waals surface area (Å²) in [7, 11) is 0. The number of aliphatic imine (C=N–C) groups is 1. The summed E-state index contributed by atoms with van der Waals surface area (Å²) in [6.07, 6.45) is 0. The maximum atomic E-state index is 13.0. The van der Waals surface area contributed by atoms with Gasteiger partial charge in [0.05, 0.1) is 42.9 Å². The van der Waals surface area contributed by atoms with Crippen molar-refractivity contribution < 1.29 is 9.72 Å². The van der Waals surface area contributed by atoms with Crippen molar-refractivity contribution >= 4 is 69.0 Å². The lowest BCUT2D eigenvalue weighted by molar-refractivity contribution is -0.384. The van der Waals surface area contributed by atoms with E-state index in [-0.39, 0.29) is 17.1 Å². The zero-order chi connectivity index (χ0) is 23.3. The predicted molar refractivity (Wildman–Crippen MR) is 126 cm³/mol. The van der Waals surface area contributed by atoms with Crippen LogP contribution in [0.4, 0.5) is 23.0 Å². The highest BCUT2D eigenvalue weighted by atomic mass is 35.5. The molecule has 0 fully saturated rings. The molecule has 3 aromatic carbocycles. The number of para-hydroxylation sites is 1. The van der Waals surface area contributed by atoms with E-state index in [1.165, 1.54) is 18.2 Å². The summed E-state index contributed by atoms with van der Waals surface area (Å²) in [5, 5.41) is 19.1. The van der Waals surface area contributed by atoms with Gasteiger partial charge in [0.1, 0.15) is 0 Å². The Bertz CT molecular complexity index is 1490. The van der Waals surface area contributed by atoms with Crippen molar-refractivity contribution in [2.24, 2.45) is 4.99 Å². The summed E-state index contributed by atoms with van der Waals surface area (Å²) in [5.74, 6) is -0.0744. The summed E-state index contributed by atoms with van der Waals surface area (Å²) in [6.45, 7) is 1.80. The van der Waals surface area contributed by atoms with E-state index in [2.05, 4.69) is 25.6 Å². The molecule has 0 spiro atoms. The van der Waals surface area contributed by atoms with E-state index in [4.69, 9.17) is 23.2 Å². The highest BCUT2D eigenvalue weighted by Crippen LogP contribution is 2.37. The Labute approximate surface area is 196 Å². The summed E-state index contributed by atoms with van der Waals surface area (Å²) in [4.78, 5) is 35.8. The number of H-pyrrole nitrogens is 1. The van der Waals surface area contributed by atoms with E-state index < -0.39 is 10.8 Å². The molecule has 5 rings (SSSR count). The molecule has 0 unspecified atom stereocenters. The minimum Gasteiger partial charge on any atom is -0.323 e. The molecule has 0 aliphatic carbocycles. The number of aromatic amines is 1. The lowest BCUT2D eigenvalue weighted by atomic mass is 10.0. The number of rotatable bonds is 4. The monoisotopic (exact) mass is 479 g/mol. The van der Waals surface area contributed by atoms with Gasteiger partial charge in [0.25, 0.3) is 11.6 Å². The Morgan fingerprint density at radius 2 is 1.82 bits per heavy atom. The Morgan fingerprint density at radius 1 is 1.09 bits per heavy atom. The molecule has 0 saturated carbocycles. The lowest BCUT2D eigenvalue weighted by Gasteiger charge is -2.16. The fourth-order valence-corrected chi connectivity index (χ4v) is 4.08. The largest absolute Gasteiger partial charge is 0.323 e. The quantitative estimate of drug-likeness (QED) is 0.288. The minimum absolute atomic E-state index is 0.111. The molecule has 9 nitrogen and oxygen atoms in total. The van der Waals surface area contributed by atoms with Crippen molar-refractivity contribution in [3.05, 3.63) is 85.4 Å². The number of anilines is 2. The van der Waals surface area contributed by atoms with Crippen LogP contribution < -0.4 is 10.6 Å². The van der Waals surface area contributed by atoms with Crippen molar-refractivity contribution in [3.8, 4) is 0 Å². The van der Waals surface area contributed by atoms with Crippen LogP contribution in [0.15, 0.2) is 53.5 Å². The second kappa shape index (κ2) is 7.88. The Kier molecular flexibility index (Phi) is 4.99. The van der Waals surface area contributed by atoms with E-state index >= 15 is 0 Å². The third-order valence-corrected chi connectivity index (χ3v) is 5.74. The van der Waals surface area contributed by atoms with E-state index in [9.17, 15) is 14.9 Å². The molecule has 1 aliphatic rings. The number of amidine groups is 1. The van der Waals surface area contributed by atoms with Gasteiger partial charge < -0.3 is 10.3 Å². The standard InChI is InChI=1S/C22H13Cl2N6O3/c1-10-8-15-19(28-22(25-15)27-18-13(23)6-3-7-14(18)24)16-17(10)26-20(29-21(16)31)11-4-2-5-12(9-11)30(32)33/h2-9H,1H3,(H2,25,27,28). The van der Waals surface area contributed by atoms with Crippen LogP contribution in [0.2, 0.25) is 10.0 Å². The Hall–Kier alpha value is -3.95. The van der Waals surface area contributed by atoms with Crippen LogP contribution in [-0.4, -0.2) is 26.6 Å². The number of amides is 1. The van der Waals surface area contributed by atoms with Gasteiger partial charge in [0.15, 0.2) is 5.84 Å². The van der Waals surface area contributed by atoms with Gasteiger partial charge in [0, 0.05) is 17.7 Å². The molecule has 2 N–H and O–H groups in total. The number of nitro groups is 1. The SMILES string of the molecule is Cc1cc2nc(Nc3c(Cl)cccc3Cl)[nH]c2c2c1N=C(c1cccc([N+](=O)[O-])c1)[N]C2=O. The number of benzene rings is 3. The molecule has 1 aliphatic heterocycles. The summed E-state index contributed by atoms with van der Waals surface area (Å²) >= 11 is 12.5. The molecule has 2 heterocycles. The maximum Gasteiger partial charge on any atom is 0.283 e. The van der Waals surface area contributed by atoms with Crippen LogP contribution in [0.5, 0.6) is 0 Å². The first-order valence-corrected chi connectivity index (χ1v) is 10.4. The number of imidazole rings is 1. The van der Waals surface area contributed by atoms with Crippen LogP contribution in [0.3, 0.4) is 0 Å². The van der Waals surface area contributed by atoms with Crippen LogP contribution in [0.25, 0.3) is 11.0 Å². The number of nitro benzene ring substituents is 1. The summed E-state index contributed by atoms with van der Waals surface area (Å²) in [5.41, 5.74) is 3.14. The van der Waals surface area contributed by atoms with Gasteiger partial charge in [-0.25, -0.2) is 9.98 Å². The zero-order valence-electron chi connectivity index (χ0n) is 16.9. The highest BCUT2D eigenvalue weighted by Gasteiger charge is 2.28. The van der Waals surface area contributed by atoms with Crippen molar-refractivity contribution in [2.75, 3.05) is 5.32 Å². The fraction of sp³-hybridized carbons (Fsp3) is 0.0455. The molecule has 1 radical (unpaired) electrons. The third-order valence-electron chi connectivity index (χ3n) is 5.11.